The smallest absolute Gasteiger partial charge is 0.453 e. The van der Waals surface area contributed by atoms with Gasteiger partial charge in [-0.05, 0) is 48.0 Å². The Morgan fingerprint density at radius 3 is 2.36 bits per heavy atom. The fourth-order valence-electron chi connectivity index (χ4n) is 3.17. The maximum absolute atomic E-state index is 13.7. The highest BCUT2D eigenvalue weighted by Gasteiger charge is 2.40. The molecule has 36 heavy (non-hydrogen) atoms. The summed E-state index contributed by atoms with van der Waals surface area (Å²) in [6.45, 7) is 0. The van der Waals surface area contributed by atoms with Crippen LogP contribution in [0.2, 0.25) is 5.02 Å². The zero-order valence-electron chi connectivity index (χ0n) is 18.5. The average molecular weight is 517 g/mol. The van der Waals surface area contributed by atoms with E-state index in [0.717, 1.165) is 12.1 Å². The van der Waals surface area contributed by atoms with E-state index in [1.807, 2.05) is 0 Å². The highest BCUT2D eigenvalue weighted by molar-refractivity contribution is 6.32. The third kappa shape index (κ3) is 5.52. The lowest BCUT2D eigenvalue weighted by Gasteiger charge is -2.14. The molecule has 3 aromatic carbocycles. The number of benzene rings is 3. The van der Waals surface area contributed by atoms with Crippen molar-refractivity contribution in [1.29, 1.82) is 0 Å². The first-order valence-corrected chi connectivity index (χ1v) is 10.7. The third-order valence-corrected chi connectivity index (χ3v) is 5.19. The Hall–Kier alpha value is -4.24. The summed E-state index contributed by atoms with van der Waals surface area (Å²) in [6, 6.07) is 16.0. The number of fused-ring (bicyclic) bond motifs is 1. The molecule has 4 rings (SSSR count). The van der Waals surface area contributed by atoms with Gasteiger partial charge >= 0.3 is 12.1 Å². The third-order valence-electron chi connectivity index (χ3n) is 4.87. The van der Waals surface area contributed by atoms with Gasteiger partial charge in [-0.15, -0.1) is 0 Å². The van der Waals surface area contributed by atoms with Crippen LogP contribution in [0.15, 0.2) is 82.0 Å². The molecule has 0 aliphatic heterocycles. The Morgan fingerprint density at radius 1 is 1.00 bits per heavy atom. The SMILES string of the molecule is COc1ccc(C=CC(=O)Oc2ccc3c(=O)c(Oc4ccccc4Cl)c(C(F)(F)F)oc3c2)cc1. The molecule has 1 aromatic heterocycles. The van der Waals surface area contributed by atoms with Crippen LogP contribution in [-0.4, -0.2) is 13.1 Å². The minimum atomic E-state index is -5.06. The molecule has 184 valence electrons. The van der Waals surface area contributed by atoms with Crippen LogP contribution >= 0.6 is 11.6 Å². The molecule has 0 saturated carbocycles. The van der Waals surface area contributed by atoms with Crippen molar-refractivity contribution in [2.45, 2.75) is 6.18 Å². The number of rotatable bonds is 6. The number of alkyl halides is 3. The maximum Gasteiger partial charge on any atom is 0.453 e. The molecule has 0 fully saturated rings. The van der Waals surface area contributed by atoms with Gasteiger partial charge in [-0.25, -0.2) is 4.79 Å². The lowest BCUT2D eigenvalue weighted by molar-refractivity contribution is -0.154. The quantitative estimate of drug-likeness (QED) is 0.158. The zero-order valence-corrected chi connectivity index (χ0v) is 19.2. The van der Waals surface area contributed by atoms with Crippen molar-refractivity contribution in [2.75, 3.05) is 7.11 Å². The molecule has 0 amide bonds. The van der Waals surface area contributed by atoms with Gasteiger partial charge in [0.1, 0.15) is 22.8 Å². The molecule has 4 aromatic rings. The molecule has 0 spiro atoms. The minimum absolute atomic E-state index is 0.00933. The van der Waals surface area contributed by atoms with Gasteiger partial charge in [-0.1, -0.05) is 35.9 Å². The number of carbonyl (C=O) groups is 1. The Labute approximate surface area is 207 Å². The van der Waals surface area contributed by atoms with Crippen molar-refractivity contribution >= 4 is 34.6 Å². The first-order chi connectivity index (χ1) is 17.2. The molecule has 6 nitrogen and oxygen atoms in total. The first-order valence-electron chi connectivity index (χ1n) is 10.3. The minimum Gasteiger partial charge on any atom is -0.497 e. The molecule has 0 bridgehead atoms. The number of hydrogen-bond donors (Lipinski definition) is 0. The maximum atomic E-state index is 13.7. The summed E-state index contributed by atoms with van der Waals surface area (Å²) in [6.07, 6.45) is -2.43. The van der Waals surface area contributed by atoms with Crippen molar-refractivity contribution in [1.82, 2.24) is 0 Å². The second-order valence-electron chi connectivity index (χ2n) is 7.31. The van der Waals surface area contributed by atoms with E-state index in [1.165, 1.54) is 43.5 Å². The van der Waals surface area contributed by atoms with Crippen LogP contribution in [-0.2, 0) is 11.0 Å². The molecule has 0 aliphatic rings. The van der Waals surface area contributed by atoms with Crippen molar-refractivity contribution in [3.8, 4) is 23.0 Å². The number of hydrogen-bond acceptors (Lipinski definition) is 6. The number of para-hydroxylation sites is 1. The Balaban J connectivity index is 1.64. The van der Waals surface area contributed by atoms with Crippen molar-refractivity contribution in [2.24, 2.45) is 0 Å². The van der Waals surface area contributed by atoms with Gasteiger partial charge in [-0.3, -0.25) is 4.79 Å². The monoisotopic (exact) mass is 516 g/mol. The van der Waals surface area contributed by atoms with Gasteiger partial charge in [-0.2, -0.15) is 13.2 Å². The van der Waals surface area contributed by atoms with Gasteiger partial charge in [0.2, 0.25) is 11.2 Å². The molecular weight excluding hydrogens is 501 g/mol. The molecule has 1 heterocycles. The number of ether oxygens (including phenoxy) is 3. The number of halogens is 4. The Bertz CT molecular complexity index is 1510. The summed E-state index contributed by atoms with van der Waals surface area (Å²) < 4.78 is 61.6. The van der Waals surface area contributed by atoms with E-state index in [0.29, 0.717) is 11.3 Å². The molecule has 0 N–H and O–H groups in total. The largest absolute Gasteiger partial charge is 0.497 e. The second-order valence-corrected chi connectivity index (χ2v) is 7.71. The Kier molecular flexibility index (Phi) is 7.03. The van der Waals surface area contributed by atoms with E-state index in [-0.39, 0.29) is 21.9 Å². The molecule has 10 heteroatoms. The van der Waals surface area contributed by atoms with E-state index >= 15 is 0 Å². The van der Waals surface area contributed by atoms with Crippen molar-refractivity contribution in [3.63, 3.8) is 0 Å². The number of methoxy groups -OCH3 is 1. The molecule has 0 atom stereocenters. The highest BCUT2D eigenvalue weighted by atomic mass is 35.5. The lowest BCUT2D eigenvalue weighted by Crippen LogP contribution is -2.15. The number of carbonyl (C=O) groups excluding carboxylic acids is 1. The van der Waals surface area contributed by atoms with E-state index in [9.17, 15) is 22.8 Å². The molecule has 0 aliphatic carbocycles. The summed E-state index contributed by atoms with van der Waals surface area (Å²) in [5.74, 6) is -3.13. The summed E-state index contributed by atoms with van der Waals surface area (Å²) in [5.41, 5.74) is -0.817. The van der Waals surface area contributed by atoms with E-state index < -0.39 is 34.7 Å². The van der Waals surface area contributed by atoms with E-state index in [4.69, 9.17) is 30.2 Å². The second kappa shape index (κ2) is 10.2. The van der Waals surface area contributed by atoms with Crippen LogP contribution in [0.5, 0.6) is 23.0 Å². The van der Waals surface area contributed by atoms with Crippen LogP contribution in [0.1, 0.15) is 11.3 Å². The molecule has 0 radical (unpaired) electrons. The lowest BCUT2D eigenvalue weighted by atomic mass is 10.2. The summed E-state index contributed by atoms with van der Waals surface area (Å²) in [4.78, 5) is 25.1. The predicted molar refractivity (Wildman–Crippen MR) is 127 cm³/mol. The fourth-order valence-corrected chi connectivity index (χ4v) is 3.34. The van der Waals surface area contributed by atoms with Crippen LogP contribution in [0.3, 0.4) is 0 Å². The van der Waals surface area contributed by atoms with Gasteiger partial charge in [0.25, 0.3) is 5.76 Å². The Morgan fingerprint density at radius 2 is 1.69 bits per heavy atom. The van der Waals surface area contributed by atoms with Crippen molar-refractivity contribution < 1.29 is 36.6 Å². The van der Waals surface area contributed by atoms with Crippen molar-refractivity contribution in [3.05, 3.63) is 99.4 Å². The van der Waals surface area contributed by atoms with Crippen LogP contribution < -0.4 is 19.6 Å². The molecular formula is C26H16ClF3O6. The fraction of sp³-hybridized carbons (Fsp3) is 0.0769. The molecule has 0 unspecified atom stereocenters. The van der Waals surface area contributed by atoms with Gasteiger partial charge < -0.3 is 18.6 Å². The van der Waals surface area contributed by atoms with Gasteiger partial charge in [0.05, 0.1) is 17.5 Å². The van der Waals surface area contributed by atoms with Crippen LogP contribution in [0.4, 0.5) is 13.2 Å². The molecule has 0 saturated heterocycles. The highest BCUT2D eigenvalue weighted by Crippen LogP contribution is 2.39. The van der Waals surface area contributed by atoms with E-state index in [1.54, 1.807) is 30.3 Å². The first kappa shape index (κ1) is 24.9. The van der Waals surface area contributed by atoms with Gasteiger partial charge in [0.15, 0.2) is 0 Å². The summed E-state index contributed by atoms with van der Waals surface area (Å²) in [5, 5.41) is -0.200. The van der Waals surface area contributed by atoms with Crippen LogP contribution in [0, 0.1) is 0 Å². The van der Waals surface area contributed by atoms with Gasteiger partial charge in [0, 0.05) is 12.1 Å². The topological polar surface area (TPSA) is 75.0 Å². The zero-order chi connectivity index (χ0) is 25.9. The standard InChI is InChI=1S/C26H16ClF3O6/c1-33-16-9-6-15(7-10-16)8-13-22(31)34-17-11-12-18-21(14-17)36-25(26(28,29)30)24(23(18)32)35-20-5-3-2-4-19(20)27/h2-14H,1H3. The van der Waals surface area contributed by atoms with Crippen LogP contribution in [0.25, 0.3) is 17.0 Å². The normalized spacial score (nSPS) is 11.6. The number of esters is 1. The predicted octanol–water partition coefficient (Wildman–Crippen LogP) is 6.88. The summed E-state index contributed by atoms with van der Waals surface area (Å²) in [7, 11) is 1.53. The summed E-state index contributed by atoms with van der Waals surface area (Å²) >= 11 is 5.96. The average Bonchev–Trinajstić information content (AvgIpc) is 2.85. The van der Waals surface area contributed by atoms with E-state index in [2.05, 4.69) is 0 Å².